The quantitative estimate of drug-likeness (QED) is 0.432. The van der Waals surface area contributed by atoms with E-state index < -0.39 is 0 Å². The summed E-state index contributed by atoms with van der Waals surface area (Å²) < 4.78 is 5.50. The lowest BCUT2D eigenvalue weighted by Crippen LogP contribution is -2.19. The van der Waals surface area contributed by atoms with Crippen LogP contribution in [0.1, 0.15) is 24.5 Å². The number of nitrogens with one attached hydrogen (secondary N) is 1. The van der Waals surface area contributed by atoms with Gasteiger partial charge in [0.2, 0.25) is 5.91 Å². The first-order valence-corrected chi connectivity index (χ1v) is 8.53. The number of nitrogens with two attached hydrogens (primary N) is 1. The molecule has 0 radical (unpaired) electrons. The van der Waals surface area contributed by atoms with Crippen molar-refractivity contribution in [1.29, 1.82) is 0 Å². The molecule has 25 heavy (non-hydrogen) atoms. The molecule has 0 aliphatic heterocycles. The Morgan fingerprint density at radius 3 is 2.48 bits per heavy atom. The SMILES string of the molecule is CCCOc1c(Cl)cc(/C=N\NC(=O)Cc2ccc(N)cc2)cc1Cl. The average Bonchev–Trinajstić information content (AvgIpc) is 2.56. The van der Waals surface area contributed by atoms with Crippen LogP contribution in [0.4, 0.5) is 5.69 Å². The summed E-state index contributed by atoms with van der Waals surface area (Å²) in [6.07, 6.45) is 2.54. The third kappa shape index (κ3) is 5.96. The zero-order chi connectivity index (χ0) is 18.2. The molecule has 5 nitrogen and oxygen atoms in total. The van der Waals surface area contributed by atoms with Gasteiger partial charge in [0.05, 0.1) is 29.3 Å². The highest BCUT2D eigenvalue weighted by Crippen LogP contribution is 2.33. The summed E-state index contributed by atoms with van der Waals surface area (Å²) in [6.45, 7) is 2.53. The van der Waals surface area contributed by atoms with E-state index in [4.69, 9.17) is 33.7 Å². The molecule has 0 aromatic heterocycles. The van der Waals surface area contributed by atoms with E-state index in [0.29, 0.717) is 33.7 Å². The minimum Gasteiger partial charge on any atom is -0.490 e. The molecule has 7 heteroatoms. The van der Waals surface area contributed by atoms with Gasteiger partial charge in [-0.3, -0.25) is 4.79 Å². The number of nitrogens with zero attached hydrogens (tertiary/aromatic N) is 1. The Labute approximate surface area is 156 Å². The largest absolute Gasteiger partial charge is 0.490 e. The molecular weight excluding hydrogens is 361 g/mol. The molecule has 0 bridgehead atoms. The average molecular weight is 380 g/mol. The number of hydrogen-bond acceptors (Lipinski definition) is 4. The van der Waals surface area contributed by atoms with Crippen LogP contribution in [0, 0.1) is 0 Å². The number of rotatable bonds is 7. The minimum absolute atomic E-state index is 0.211. The molecule has 0 heterocycles. The van der Waals surface area contributed by atoms with Gasteiger partial charge >= 0.3 is 0 Å². The van der Waals surface area contributed by atoms with E-state index in [-0.39, 0.29) is 12.3 Å². The Kier molecular flexibility index (Phi) is 7.10. The molecule has 0 aliphatic rings. The third-order valence-electron chi connectivity index (χ3n) is 3.22. The second-order valence-corrected chi connectivity index (χ2v) is 6.19. The molecule has 0 spiro atoms. The van der Waals surface area contributed by atoms with Gasteiger partial charge in [-0.25, -0.2) is 5.43 Å². The predicted molar refractivity (Wildman–Crippen MR) is 103 cm³/mol. The maximum absolute atomic E-state index is 11.9. The standard InChI is InChI=1S/C18H19Cl2N3O2/c1-2-7-25-18-15(19)8-13(9-16(18)20)11-22-23-17(24)10-12-3-5-14(21)6-4-12/h3-6,8-9,11H,2,7,10,21H2,1H3,(H,23,24)/b22-11-. The first kappa shape index (κ1) is 19.1. The second-order valence-electron chi connectivity index (χ2n) is 5.37. The molecule has 0 atom stereocenters. The van der Waals surface area contributed by atoms with E-state index in [1.807, 2.05) is 6.92 Å². The molecule has 1 amide bonds. The van der Waals surface area contributed by atoms with Crippen molar-refractivity contribution in [3.8, 4) is 5.75 Å². The van der Waals surface area contributed by atoms with E-state index in [1.54, 1.807) is 36.4 Å². The lowest BCUT2D eigenvalue weighted by atomic mass is 10.1. The molecule has 2 aromatic carbocycles. The summed E-state index contributed by atoms with van der Waals surface area (Å²) in [5.74, 6) is 0.218. The maximum Gasteiger partial charge on any atom is 0.244 e. The van der Waals surface area contributed by atoms with Crippen LogP contribution < -0.4 is 15.9 Å². The van der Waals surface area contributed by atoms with Crippen LogP contribution in [-0.4, -0.2) is 18.7 Å². The fourth-order valence-electron chi connectivity index (χ4n) is 2.04. The van der Waals surface area contributed by atoms with Crippen molar-refractivity contribution in [3.05, 3.63) is 57.6 Å². The lowest BCUT2D eigenvalue weighted by molar-refractivity contribution is -0.120. The zero-order valence-electron chi connectivity index (χ0n) is 13.8. The van der Waals surface area contributed by atoms with Gasteiger partial charge in [0.1, 0.15) is 0 Å². The molecule has 2 aromatic rings. The van der Waals surface area contributed by atoms with E-state index >= 15 is 0 Å². The molecule has 0 unspecified atom stereocenters. The predicted octanol–water partition coefficient (Wildman–Crippen LogP) is 4.06. The van der Waals surface area contributed by atoms with Gasteiger partial charge in [-0.15, -0.1) is 0 Å². The van der Waals surface area contributed by atoms with Gasteiger partial charge in [-0.2, -0.15) is 5.10 Å². The number of benzene rings is 2. The number of carbonyl (C=O) groups excluding carboxylic acids is 1. The molecule has 0 fully saturated rings. The number of carbonyl (C=O) groups is 1. The highest BCUT2D eigenvalue weighted by atomic mass is 35.5. The first-order chi connectivity index (χ1) is 12.0. The first-order valence-electron chi connectivity index (χ1n) is 7.77. The fraction of sp³-hybridized carbons (Fsp3) is 0.222. The number of ether oxygens (including phenoxy) is 1. The third-order valence-corrected chi connectivity index (χ3v) is 3.78. The number of amides is 1. The van der Waals surface area contributed by atoms with Crippen molar-refractivity contribution in [2.75, 3.05) is 12.3 Å². The summed E-state index contributed by atoms with van der Waals surface area (Å²) in [6, 6.07) is 10.4. The number of anilines is 1. The van der Waals surface area contributed by atoms with Crippen LogP contribution in [0.2, 0.25) is 10.0 Å². The monoisotopic (exact) mass is 379 g/mol. The van der Waals surface area contributed by atoms with E-state index in [1.165, 1.54) is 6.21 Å². The van der Waals surface area contributed by atoms with Crippen LogP contribution >= 0.6 is 23.2 Å². The maximum atomic E-state index is 11.9. The van der Waals surface area contributed by atoms with Crippen molar-refractivity contribution in [3.63, 3.8) is 0 Å². The minimum atomic E-state index is -0.235. The van der Waals surface area contributed by atoms with Gasteiger partial charge < -0.3 is 10.5 Å². The van der Waals surface area contributed by atoms with Gasteiger partial charge in [-0.1, -0.05) is 42.3 Å². The fourth-order valence-corrected chi connectivity index (χ4v) is 2.65. The molecule has 2 rings (SSSR count). The summed E-state index contributed by atoms with van der Waals surface area (Å²) >= 11 is 12.3. The van der Waals surface area contributed by atoms with Gasteiger partial charge in [0, 0.05) is 5.69 Å². The molecule has 0 saturated heterocycles. The molecule has 3 N–H and O–H groups in total. The van der Waals surface area contributed by atoms with Crippen LogP contribution in [-0.2, 0) is 11.2 Å². The zero-order valence-corrected chi connectivity index (χ0v) is 15.3. The molecule has 0 saturated carbocycles. The van der Waals surface area contributed by atoms with Crippen LogP contribution in [0.3, 0.4) is 0 Å². The Morgan fingerprint density at radius 2 is 1.88 bits per heavy atom. The van der Waals surface area contributed by atoms with Gasteiger partial charge in [-0.05, 0) is 41.8 Å². The summed E-state index contributed by atoms with van der Waals surface area (Å²) in [7, 11) is 0. The Bertz CT molecular complexity index is 738. The van der Waals surface area contributed by atoms with Gasteiger partial charge in [0.15, 0.2) is 5.75 Å². The number of nitrogen functional groups attached to an aromatic ring is 1. The highest BCUT2D eigenvalue weighted by Gasteiger charge is 2.09. The topological polar surface area (TPSA) is 76.7 Å². The van der Waals surface area contributed by atoms with Gasteiger partial charge in [0.25, 0.3) is 0 Å². The highest BCUT2D eigenvalue weighted by molar-refractivity contribution is 6.37. The lowest BCUT2D eigenvalue weighted by Gasteiger charge is -2.09. The van der Waals surface area contributed by atoms with Crippen LogP contribution in [0.25, 0.3) is 0 Å². The van der Waals surface area contributed by atoms with Crippen molar-refractivity contribution in [2.24, 2.45) is 5.10 Å². The van der Waals surface area contributed by atoms with Crippen molar-refractivity contribution in [2.45, 2.75) is 19.8 Å². The van der Waals surface area contributed by atoms with E-state index in [2.05, 4.69) is 10.5 Å². The van der Waals surface area contributed by atoms with E-state index in [0.717, 1.165) is 12.0 Å². The molecule has 0 aliphatic carbocycles. The number of hydrogen-bond donors (Lipinski definition) is 2. The van der Waals surface area contributed by atoms with Crippen molar-refractivity contribution in [1.82, 2.24) is 5.43 Å². The molecular formula is C18H19Cl2N3O2. The van der Waals surface area contributed by atoms with Crippen molar-refractivity contribution >= 4 is 41.0 Å². The van der Waals surface area contributed by atoms with E-state index in [9.17, 15) is 4.79 Å². The summed E-state index contributed by atoms with van der Waals surface area (Å²) in [4.78, 5) is 11.9. The van der Waals surface area contributed by atoms with Crippen LogP contribution in [0.15, 0.2) is 41.5 Å². The Morgan fingerprint density at radius 1 is 1.24 bits per heavy atom. The van der Waals surface area contributed by atoms with Crippen molar-refractivity contribution < 1.29 is 9.53 Å². The Hall–Kier alpha value is -2.24. The summed E-state index contributed by atoms with van der Waals surface area (Å²) in [5.41, 5.74) is 10.2. The number of hydrazone groups is 1. The second kappa shape index (κ2) is 9.30. The Balaban J connectivity index is 1.95. The summed E-state index contributed by atoms with van der Waals surface area (Å²) in [5, 5.41) is 4.72. The molecule has 132 valence electrons. The number of halogens is 2. The van der Waals surface area contributed by atoms with Crippen LogP contribution in [0.5, 0.6) is 5.75 Å². The normalized spacial score (nSPS) is 10.8. The smallest absolute Gasteiger partial charge is 0.244 e.